The van der Waals surface area contributed by atoms with Gasteiger partial charge in [-0.2, -0.15) is 0 Å². The van der Waals surface area contributed by atoms with Crippen LogP contribution in [0, 0.1) is 0 Å². The summed E-state index contributed by atoms with van der Waals surface area (Å²) in [5, 5.41) is 5.79. The number of carbonyl (C=O) groups is 2. The van der Waals surface area contributed by atoms with Gasteiger partial charge in [0.25, 0.3) is 5.91 Å². The molecule has 1 aromatic rings. The molecule has 2 heterocycles. The highest BCUT2D eigenvalue weighted by Crippen LogP contribution is 2.36. The molecular weight excluding hydrogens is 322 g/mol. The fourth-order valence-corrected chi connectivity index (χ4v) is 2.94. The lowest BCUT2D eigenvalue weighted by Crippen LogP contribution is -2.49. The lowest BCUT2D eigenvalue weighted by molar-refractivity contribution is -0.118. The molecule has 2 aliphatic rings. The molecule has 3 rings (SSSR count). The Balaban J connectivity index is 1.75. The predicted octanol–water partition coefficient (Wildman–Crippen LogP) is 2.31. The van der Waals surface area contributed by atoms with E-state index in [0.717, 1.165) is 0 Å². The van der Waals surface area contributed by atoms with Crippen LogP contribution in [0.15, 0.2) is 12.1 Å². The topological polar surface area (TPSA) is 79.9 Å². The van der Waals surface area contributed by atoms with E-state index in [-0.39, 0.29) is 30.8 Å². The van der Waals surface area contributed by atoms with Crippen molar-refractivity contribution >= 4 is 34.9 Å². The van der Waals surface area contributed by atoms with Gasteiger partial charge in [0, 0.05) is 19.2 Å². The van der Waals surface area contributed by atoms with Gasteiger partial charge >= 0.3 is 6.03 Å². The summed E-state index contributed by atoms with van der Waals surface area (Å²) < 4.78 is 11.0. The third-order valence-electron chi connectivity index (χ3n) is 3.65. The first kappa shape index (κ1) is 15.9. The predicted molar refractivity (Wildman–Crippen MR) is 86.2 cm³/mol. The zero-order chi connectivity index (χ0) is 16.6. The van der Waals surface area contributed by atoms with E-state index in [1.165, 1.54) is 0 Å². The summed E-state index contributed by atoms with van der Waals surface area (Å²) in [5.74, 6) is 0.245. The van der Waals surface area contributed by atoms with Gasteiger partial charge in [0.15, 0.2) is 6.61 Å². The average molecular weight is 340 g/mol. The average Bonchev–Trinajstić information content (AvgIpc) is 2.47. The molecule has 3 amide bonds. The molecule has 0 bridgehead atoms. The molecule has 124 valence electrons. The standard InChI is InChI=1S/C15H18ClN3O4/c1-8-5-19(6-9(2)23-8)15(21)18-11-4-13-12(3-10(11)16)17-14(20)7-22-13/h3-4,8-9H,5-7H2,1-2H3,(H,17,20)(H,18,21)/t8-,9-/m1/s1. The number of anilines is 2. The van der Waals surface area contributed by atoms with Gasteiger partial charge in [0.1, 0.15) is 5.75 Å². The Bertz CT molecular complexity index is 642. The van der Waals surface area contributed by atoms with Gasteiger partial charge in [-0.15, -0.1) is 0 Å². The number of amides is 3. The first-order valence-corrected chi connectivity index (χ1v) is 7.77. The highest BCUT2D eigenvalue weighted by Gasteiger charge is 2.27. The highest BCUT2D eigenvalue weighted by atomic mass is 35.5. The maximum absolute atomic E-state index is 12.4. The van der Waals surface area contributed by atoms with Crippen molar-refractivity contribution in [3.63, 3.8) is 0 Å². The molecule has 1 aromatic carbocycles. The van der Waals surface area contributed by atoms with Crippen LogP contribution in [-0.2, 0) is 9.53 Å². The molecule has 2 N–H and O–H groups in total. The van der Waals surface area contributed by atoms with E-state index in [0.29, 0.717) is 35.2 Å². The molecule has 2 aliphatic heterocycles. The Morgan fingerprint density at radius 1 is 1.35 bits per heavy atom. The molecule has 0 aromatic heterocycles. The van der Waals surface area contributed by atoms with E-state index in [2.05, 4.69) is 10.6 Å². The van der Waals surface area contributed by atoms with Crippen LogP contribution in [-0.4, -0.2) is 48.7 Å². The zero-order valence-electron chi connectivity index (χ0n) is 12.9. The Morgan fingerprint density at radius 3 is 2.74 bits per heavy atom. The van der Waals surface area contributed by atoms with Crippen molar-refractivity contribution in [1.82, 2.24) is 4.90 Å². The minimum atomic E-state index is -0.242. The van der Waals surface area contributed by atoms with E-state index in [4.69, 9.17) is 21.1 Å². The lowest BCUT2D eigenvalue weighted by Gasteiger charge is -2.35. The van der Waals surface area contributed by atoms with Crippen LogP contribution in [0.25, 0.3) is 0 Å². The fraction of sp³-hybridized carbons (Fsp3) is 0.467. The number of nitrogens with one attached hydrogen (secondary N) is 2. The second kappa shape index (κ2) is 6.25. The summed E-state index contributed by atoms with van der Waals surface area (Å²) in [6, 6.07) is 2.94. The summed E-state index contributed by atoms with van der Waals surface area (Å²) in [7, 11) is 0. The number of ether oxygens (including phenoxy) is 2. The van der Waals surface area contributed by atoms with Crippen LogP contribution in [0.1, 0.15) is 13.8 Å². The van der Waals surface area contributed by atoms with E-state index in [1.54, 1.807) is 17.0 Å². The van der Waals surface area contributed by atoms with Gasteiger partial charge in [-0.25, -0.2) is 4.79 Å². The van der Waals surface area contributed by atoms with Gasteiger partial charge < -0.3 is 25.0 Å². The largest absolute Gasteiger partial charge is 0.482 e. The van der Waals surface area contributed by atoms with Crippen LogP contribution in [0.2, 0.25) is 5.02 Å². The Morgan fingerprint density at radius 2 is 2.04 bits per heavy atom. The molecule has 0 spiro atoms. The van der Waals surface area contributed by atoms with Crippen LogP contribution in [0.4, 0.5) is 16.2 Å². The van der Waals surface area contributed by atoms with Gasteiger partial charge in [-0.1, -0.05) is 11.6 Å². The minimum Gasteiger partial charge on any atom is -0.482 e. The molecule has 8 heteroatoms. The number of fused-ring (bicyclic) bond motifs is 1. The Labute approximate surface area is 138 Å². The third-order valence-corrected chi connectivity index (χ3v) is 3.96. The summed E-state index contributed by atoms with van der Waals surface area (Å²) in [6.07, 6.45) is -0.0240. The van der Waals surface area contributed by atoms with Crippen molar-refractivity contribution in [3.05, 3.63) is 17.2 Å². The number of hydrogen-bond donors (Lipinski definition) is 2. The summed E-state index contributed by atoms with van der Waals surface area (Å²) in [5.41, 5.74) is 0.941. The van der Waals surface area contributed by atoms with Crippen molar-refractivity contribution < 1.29 is 19.1 Å². The number of halogens is 1. The Kier molecular flexibility index (Phi) is 4.32. The van der Waals surface area contributed by atoms with Crippen LogP contribution >= 0.6 is 11.6 Å². The molecule has 1 saturated heterocycles. The number of nitrogens with zero attached hydrogens (tertiary/aromatic N) is 1. The van der Waals surface area contributed by atoms with Gasteiger partial charge in [0.2, 0.25) is 0 Å². The molecule has 7 nitrogen and oxygen atoms in total. The SMILES string of the molecule is C[C@@H]1CN(C(=O)Nc2cc3c(cc2Cl)NC(=O)CO3)C[C@@H](C)O1. The normalized spacial score (nSPS) is 23.6. The van der Waals surface area contributed by atoms with Crippen molar-refractivity contribution in [2.45, 2.75) is 26.1 Å². The van der Waals surface area contributed by atoms with Crippen LogP contribution in [0.5, 0.6) is 5.75 Å². The van der Waals surface area contributed by atoms with Crippen molar-refractivity contribution in [1.29, 1.82) is 0 Å². The molecule has 0 saturated carbocycles. The zero-order valence-corrected chi connectivity index (χ0v) is 13.6. The quantitative estimate of drug-likeness (QED) is 0.823. The van der Waals surface area contributed by atoms with Gasteiger partial charge in [0.05, 0.1) is 28.6 Å². The number of benzene rings is 1. The summed E-state index contributed by atoms with van der Waals surface area (Å²) in [4.78, 5) is 25.4. The van der Waals surface area contributed by atoms with E-state index >= 15 is 0 Å². The number of morpholine rings is 1. The monoisotopic (exact) mass is 339 g/mol. The van der Waals surface area contributed by atoms with Crippen LogP contribution < -0.4 is 15.4 Å². The fourth-order valence-electron chi connectivity index (χ4n) is 2.73. The lowest BCUT2D eigenvalue weighted by atomic mass is 10.2. The number of rotatable bonds is 1. The molecule has 23 heavy (non-hydrogen) atoms. The number of carbonyl (C=O) groups excluding carboxylic acids is 2. The van der Waals surface area contributed by atoms with Crippen molar-refractivity contribution in [2.24, 2.45) is 0 Å². The van der Waals surface area contributed by atoms with Crippen molar-refractivity contribution in [3.8, 4) is 5.75 Å². The molecule has 0 radical (unpaired) electrons. The third kappa shape index (κ3) is 3.51. The van der Waals surface area contributed by atoms with E-state index < -0.39 is 0 Å². The second-order valence-electron chi connectivity index (χ2n) is 5.76. The molecule has 0 aliphatic carbocycles. The molecular formula is C15H18ClN3O4. The van der Waals surface area contributed by atoms with Gasteiger partial charge in [-0.05, 0) is 19.9 Å². The van der Waals surface area contributed by atoms with Crippen LogP contribution in [0.3, 0.4) is 0 Å². The summed E-state index contributed by atoms with van der Waals surface area (Å²) >= 11 is 6.18. The first-order valence-electron chi connectivity index (χ1n) is 7.40. The smallest absolute Gasteiger partial charge is 0.322 e. The minimum absolute atomic E-state index is 0.0120. The maximum atomic E-state index is 12.4. The van der Waals surface area contributed by atoms with Gasteiger partial charge in [-0.3, -0.25) is 4.79 Å². The maximum Gasteiger partial charge on any atom is 0.322 e. The van der Waals surface area contributed by atoms with Crippen molar-refractivity contribution in [2.75, 3.05) is 30.3 Å². The number of urea groups is 1. The molecule has 1 fully saturated rings. The molecule has 0 unspecified atom stereocenters. The molecule has 2 atom stereocenters. The summed E-state index contributed by atoms with van der Waals surface area (Å²) in [6.45, 7) is 4.84. The first-order chi connectivity index (χ1) is 10.9. The second-order valence-corrected chi connectivity index (χ2v) is 6.16. The van der Waals surface area contributed by atoms with E-state index in [9.17, 15) is 9.59 Å². The Hall–Kier alpha value is -1.99. The number of hydrogen-bond acceptors (Lipinski definition) is 4. The highest BCUT2D eigenvalue weighted by molar-refractivity contribution is 6.34. The van der Waals surface area contributed by atoms with E-state index in [1.807, 2.05) is 13.8 Å².